The fourth-order valence-corrected chi connectivity index (χ4v) is 2.38. The molecule has 0 bridgehead atoms. The largest absolute Gasteiger partial charge is 0.494 e. The van der Waals surface area contributed by atoms with Crippen LogP contribution in [0.1, 0.15) is 6.42 Å². The van der Waals surface area contributed by atoms with Gasteiger partial charge in [-0.05, 0) is 42.8 Å². The molecule has 124 valence electrons. The number of hydrogen-bond donors (Lipinski definition) is 1. The number of fused-ring (bicyclic) bond motifs is 1. The summed E-state index contributed by atoms with van der Waals surface area (Å²) in [5.41, 5.74) is 6.27. The Morgan fingerprint density at radius 2 is 1.92 bits per heavy atom. The van der Waals surface area contributed by atoms with Crippen molar-refractivity contribution in [3.63, 3.8) is 0 Å². The maximum Gasteiger partial charge on any atom is 0.166 e. The zero-order valence-corrected chi connectivity index (χ0v) is 13.3. The molecule has 0 saturated carbocycles. The summed E-state index contributed by atoms with van der Waals surface area (Å²) < 4.78 is 18.4. The topological polar surface area (TPSA) is 77.2 Å². The number of nitrogens with zero attached hydrogens (tertiary/aromatic N) is 4. The van der Waals surface area contributed by atoms with Gasteiger partial charge < -0.3 is 15.4 Å². The van der Waals surface area contributed by atoms with Crippen molar-refractivity contribution < 1.29 is 9.13 Å². The molecule has 0 saturated heterocycles. The monoisotopic (exact) mass is 327 g/mol. The minimum Gasteiger partial charge on any atom is -0.494 e. The average molecular weight is 327 g/mol. The molecule has 0 atom stereocenters. The molecule has 24 heavy (non-hydrogen) atoms. The lowest BCUT2D eigenvalue weighted by Crippen LogP contribution is -2.22. The van der Waals surface area contributed by atoms with E-state index in [0.717, 1.165) is 24.2 Å². The van der Waals surface area contributed by atoms with Crippen molar-refractivity contribution in [2.45, 2.75) is 6.42 Å². The van der Waals surface area contributed by atoms with E-state index >= 15 is 0 Å². The van der Waals surface area contributed by atoms with E-state index in [9.17, 15) is 4.39 Å². The van der Waals surface area contributed by atoms with Gasteiger partial charge in [0, 0.05) is 13.6 Å². The molecule has 2 N–H and O–H groups in total. The fourth-order valence-electron chi connectivity index (χ4n) is 2.38. The molecule has 1 aromatic carbocycles. The average Bonchev–Trinajstić information content (AvgIpc) is 2.59. The first-order valence-electron chi connectivity index (χ1n) is 7.60. The van der Waals surface area contributed by atoms with E-state index < -0.39 is 0 Å². The van der Waals surface area contributed by atoms with Crippen LogP contribution in [-0.2, 0) is 0 Å². The van der Waals surface area contributed by atoms with Crippen LogP contribution < -0.4 is 15.4 Å². The Balaban J connectivity index is 1.59. The second kappa shape index (κ2) is 7.08. The van der Waals surface area contributed by atoms with E-state index in [-0.39, 0.29) is 5.82 Å². The lowest BCUT2D eigenvalue weighted by Gasteiger charge is -2.19. The highest BCUT2D eigenvalue weighted by atomic mass is 19.1. The Morgan fingerprint density at radius 1 is 1.12 bits per heavy atom. The van der Waals surface area contributed by atoms with Gasteiger partial charge in [0.15, 0.2) is 5.65 Å². The predicted octanol–water partition coefficient (Wildman–Crippen LogP) is 2.65. The second-order valence-electron chi connectivity index (χ2n) is 5.38. The lowest BCUT2D eigenvalue weighted by atomic mass is 10.3. The molecule has 2 aromatic heterocycles. The molecule has 6 nitrogen and oxygen atoms in total. The summed E-state index contributed by atoms with van der Waals surface area (Å²) in [6.45, 7) is 1.28. The van der Waals surface area contributed by atoms with E-state index in [1.165, 1.54) is 18.5 Å². The molecule has 7 heteroatoms. The smallest absolute Gasteiger partial charge is 0.166 e. The van der Waals surface area contributed by atoms with Crippen molar-refractivity contribution in [1.29, 1.82) is 0 Å². The molecule has 0 unspecified atom stereocenters. The summed E-state index contributed by atoms with van der Waals surface area (Å²) in [5.74, 6) is 1.62. The number of pyridine rings is 1. The molecular formula is C17H18FN5O. The van der Waals surface area contributed by atoms with E-state index in [2.05, 4.69) is 15.0 Å². The number of benzene rings is 1. The van der Waals surface area contributed by atoms with E-state index in [1.807, 2.05) is 18.0 Å². The van der Waals surface area contributed by atoms with E-state index in [0.29, 0.717) is 23.8 Å². The molecule has 0 aliphatic heterocycles. The molecule has 0 spiro atoms. The third-order valence-electron chi connectivity index (χ3n) is 3.58. The maximum absolute atomic E-state index is 12.8. The van der Waals surface area contributed by atoms with Crippen molar-refractivity contribution in [2.75, 3.05) is 30.8 Å². The third-order valence-corrected chi connectivity index (χ3v) is 3.58. The van der Waals surface area contributed by atoms with E-state index in [1.54, 1.807) is 18.2 Å². The highest BCUT2D eigenvalue weighted by molar-refractivity contribution is 5.87. The van der Waals surface area contributed by atoms with Crippen LogP contribution >= 0.6 is 0 Å². The standard InChI is InChI=1S/C17H18FN5O/c1-23(9-2-10-24-13-5-3-12(18)4-6-13)17-14-7-8-15(19)22-16(14)20-11-21-17/h3-8,11H,2,9-10H2,1H3,(H2,19,20,21,22). The minimum atomic E-state index is -0.271. The van der Waals surface area contributed by atoms with Crippen LogP contribution in [0.25, 0.3) is 11.0 Å². The first kappa shape index (κ1) is 15.9. The summed E-state index contributed by atoms with van der Waals surface area (Å²) in [5, 5.41) is 0.855. The molecule has 0 fully saturated rings. The number of hydrogen-bond acceptors (Lipinski definition) is 6. The van der Waals surface area contributed by atoms with Crippen LogP contribution in [0.2, 0.25) is 0 Å². The number of nitrogen functional groups attached to an aromatic ring is 1. The van der Waals surface area contributed by atoms with Crippen LogP contribution in [0.4, 0.5) is 16.0 Å². The summed E-state index contributed by atoms with van der Waals surface area (Å²) in [7, 11) is 1.95. The van der Waals surface area contributed by atoms with Crippen LogP contribution in [0, 0.1) is 5.82 Å². The molecule has 0 amide bonds. The van der Waals surface area contributed by atoms with Gasteiger partial charge in [-0.25, -0.2) is 19.3 Å². The van der Waals surface area contributed by atoms with Gasteiger partial charge in [0.05, 0.1) is 12.0 Å². The van der Waals surface area contributed by atoms with Crippen LogP contribution in [0.3, 0.4) is 0 Å². The number of rotatable bonds is 6. The number of halogens is 1. The molecule has 0 radical (unpaired) electrons. The zero-order chi connectivity index (χ0) is 16.9. The first-order valence-corrected chi connectivity index (χ1v) is 7.60. The number of nitrogens with two attached hydrogens (primary N) is 1. The van der Waals surface area contributed by atoms with Crippen LogP contribution in [0.15, 0.2) is 42.7 Å². The summed E-state index contributed by atoms with van der Waals surface area (Å²) in [6, 6.07) is 9.61. The summed E-state index contributed by atoms with van der Waals surface area (Å²) in [4.78, 5) is 14.7. The van der Waals surface area contributed by atoms with Gasteiger partial charge in [-0.1, -0.05) is 0 Å². The van der Waals surface area contributed by atoms with Crippen molar-refractivity contribution in [3.8, 4) is 5.75 Å². The molecule has 3 rings (SSSR count). The first-order chi connectivity index (χ1) is 11.6. The van der Waals surface area contributed by atoms with Crippen molar-refractivity contribution in [3.05, 3.63) is 48.5 Å². The van der Waals surface area contributed by atoms with E-state index in [4.69, 9.17) is 10.5 Å². The number of aromatic nitrogens is 3. The summed E-state index contributed by atoms with van der Waals surface area (Å²) in [6.07, 6.45) is 2.28. The Labute approximate surface area is 139 Å². The number of ether oxygens (including phenoxy) is 1. The number of anilines is 2. The normalized spacial score (nSPS) is 10.8. The van der Waals surface area contributed by atoms with Crippen molar-refractivity contribution in [2.24, 2.45) is 0 Å². The van der Waals surface area contributed by atoms with Crippen molar-refractivity contribution in [1.82, 2.24) is 15.0 Å². The van der Waals surface area contributed by atoms with Gasteiger partial charge in [0.25, 0.3) is 0 Å². The Kier molecular flexibility index (Phi) is 4.69. The quantitative estimate of drug-likeness (QED) is 0.701. The molecule has 0 aliphatic carbocycles. The zero-order valence-electron chi connectivity index (χ0n) is 13.3. The van der Waals surface area contributed by atoms with Gasteiger partial charge >= 0.3 is 0 Å². The Bertz CT molecular complexity index is 825. The molecule has 0 aliphatic rings. The highest BCUT2D eigenvalue weighted by Crippen LogP contribution is 2.21. The highest BCUT2D eigenvalue weighted by Gasteiger charge is 2.09. The van der Waals surface area contributed by atoms with Crippen molar-refractivity contribution >= 4 is 22.7 Å². The molecule has 3 aromatic rings. The SMILES string of the molecule is CN(CCCOc1ccc(F)cc1)c1ncnc2nc(N)ccc12. The Hall–Kier alpha value is -2.96. The van der Waals surface area contributed by atoms with Gasteiger partial charge in [0.1, 0.15) is 29.5 Å². The fraction of sp³-hybridized carbons (Fsp3) is 0.235. The molecule has 2 heterocycles. The van der Waals surface area contributed by atoms with Gasteiger partial charge in [-0.3, -0.25) is 0 Å². The third kappa shape index (κ3) is 3.68. The Morgan fingerprint density at radius 3 is 2.71 bits per heavy atom. The molecular weight excluding hydrogens is 309 g/mol. The summed E-state index contributed by atoms with van der Waals surface area (Å²) >= 11 is 0. The van der Waals surface area contributed by atoms with Crippen LogP contribution in [0.5, 0.6) is 5.75 Å². The van der Waals surface area contributed by atoms with Gasteiger partial charge in [-0.2, -0.15) is 0 Å². The van der Waals surface area contributed by atoms with Crippen LogP contribution in [-0.4, -0.2) is 35.2 Å². The second-order valence-corrected chi connectivity index (χ2v) is 5.38. The minimum absolute atomic E-state index is 0.271. The lowest BCUT2D eigenvalue weighted by molar-refractivity contribution is 0.312. The van der Waals surface area contributed by atoms with Gasteiger partial charge in [-0.15, -0.1) is 0 Å². The predicted molar refractivity (Wildman–Crippen MR) is 91.5 cm³/mol. The van der Waals surface area contributed by atoms with Gasteiger partial charge in [0.2, 0.25) is 0 Å². The maximum atomic E-state index is 12.8.